The third kappa shape index (κ3) is 3.58. The Morgan fingerprint density at radius 1 is 1.38 bits per heavy atom. The summed E-state index contributed by atoms with van der Waals surface area (Å²) in [5.41, 5.74) is 1.32. The van der Waals surface area contributed by atoms with Gasteiger partial charge in [0, 0.05) is 26.2 Å². The van der Waals surface area contributed by atoms with Gasteiger partial charge in [0.25, 0.3) is 0 Å². The van der Waals surface area contributed by atoms with Gasteiger partial charge < -0.3 is 10.2 Å². The first kappa shape index (κ1) is 16.9. The lowest BCUT2D eigenvalue weighted by atomic mass is 10.0. The Bertz CT molecular complexity index is 596. The van der Waals surface area contributed by atoms with Crippen molar-refractivity contribution >= 4 is 11.8 Å². The van der Waals surface area contributed by atoms with E-state index < -0.39 is 0 Å². The lowest BCUT2D eigenvalue weighted by molar-refractivity contribution is -0.139. The molecule has 1 aliphatic carbocycles. The van der Waals surface area contributed by atoms with E-state index in [4.69, 9.17) is 0 Å². The monoisotopic (exact) mass is 335 g/mol. The summed E-state index contributed by atoms with van der Waals surface area (Å²) in [5, 5.41) is 10.4. The smallest absolute Gasteiger partial charge is 0.237 e. The van der Waals surface area contributed by atoms with Crippen LogP contribution in [0, 0.1) is 6.92 Å². The van der Waals surface area contributed by atoms with Gasteiger partial charge in [0.1, 0.15) is 11.4 Å². The molecule has 1 aliphatic heterocycles. The van der Waals surface area contributed by atoms with Gasteiger partial charge in [-0.15, -0.1) is 0 Å². The Labute approximate surface area is 141 Å². The Morgan fingerprint density at radius 2 is 2.12 bits per heavy atom. The Balaban J connectivity index is 1.63. The van der Waals surface area contributed by atoms with Gasteiger partial charge in [-0.05, 0) is 19.8 Å². The van der Waals surface area contributed by atoms with Crippen molar-refractivity contribution in [1.29, 1.82) is 0 Å². The van der Waals surface area contributed by atoms with Crippen LogP contribution in [0.4, 0.5) is 0 Å². The van der Waals surface area contributed by atoms with E-state index in [0.717, 1.165) is 19.4 Å². The van der Waals surface area contributed by atoms with Crippen LogP contribution in [-0.2, 0) is 16.1 Å². The lowest BCUT2D eigenvalue weighted by Gasteiger charge is -2.39. The first-order valence-corrected chi connectivity index (χ1v) is 8.61. The molecule has 2 fully saturated rings. The summed E-state index contributed by atoms with van der Waals surface area (Å²) in [5.74, 6) is -0.100. The third-order valence-corrected chi connectivity index (χ3v) is 5.09. The molecule has 2 aliphatic rings. The number of piperazine rings is 1. The van der Waals surface area contributed by atoms with Crippen molar-refractivity contribution in [2.75, 3.05) is 20.1 Å². The minimum absolute atomic E-state index is 0.0332. The number of carbonyl (C=O) groups excluding carboxylic acids is 2. The number of nitrogens with zero attached hydrogens (tertiary/aromatic N) is 4. The summed E-state index contributed by atoms with van der Waals surface area (Å²) in [6, 6.07) is 0.0643. The van der Waals surface area contributed by atoms with E-state index in [0.29, 0.717) is 30.5 Å². The highest BCUT2D eigenvalue weighted by atomic mass is 16.6. The van der Waals surface area contributed by atoms with Crippen LogP contribution >= 0.6 is 0 Å². The highest BCUT2D eigenvalue weighted by Gasteiger charge is 2.37. The maximum absolute atomic E-state index is 12.6. The second-order valence-corrected chi connectivity index (χ2v) is 6.73. The number of hydrogen-bond acceptors (Lipinski definition) is 6. The second-order valence-electron chi connectivity index (χ2n) is 6.73. The molecule has 3 rings (SSSR count). The normalized spacial score (nSPS) is 22.6. The first-order valence-electron chi connectivity index (χ1n) is 8.61. The van der Waals surface area contributed by atoms with Crippen LogP contribution in [0.15, 0.2) is 4.63 Å². The zero-order valence-corrected chi connectivity index (χ0v) is 14.3. The molecule has 1 atom stereocenters. The molecule has 8 nitrogen and oxygen atoms in total. The number of aromatic nitrogens is 2. The molecule has 0 radical (unpaired) electrons. The molecule has 24 heavy (non-hydrogen) atoms. The van der Waals surface area contributed by atoms with Gasteiger partial charge in [-0.2, -0.15) is 0 Å². The highest BCUT2D eigenvalue weighted by molar-refractivity contribution is 5.88. The van der Waals surface area contributed by atoms with E-state index in [1.54, 1.807) is 18.9 Å². The largest absolute Gasteiger partial charge is 0.353 e. The molecular formula is C16H25N5O3. The number of rotatable bonds is 5. The maximum Gasteiger partial charge on any atom is 0.237 e. The zero-order valence-electron chi connectivity index (χ0n) is 14.3. The minimum atomic E-state index is -0.367. The van der Waals surface area contributed by atoms with E-state index in [1.165, 1.54) is 12.8 Å². The number of hydrogen-bond donors (Lipinski definition) is 1. The molecule has 0 spiro atoms. The number of amides is 2. The standard InChI is InChI=1S/C16H25N5O3/c1-11-13(19-24-18-11)10-20(2)15(22)9-14-16(23)17-7-8-21(14)12-5-3-4-6-12/h12,14H,3-10H2,1-2H3,(H,17,23). The summed E-state index contributed by atoms with van der Waals surface area (Å²) in [6.07, 6.45) is 4.86. The SMILES string of the molecule is Cc1nonc1CN(C)C(=O)CC1C(=O)NCCN1C1CCCC1. The van der Waals surface area contributed by atoms with Gasteiger partial charge in [-0.3, -0.25) is 14.5 Å². The predicted molar refractivity (Wildman–Crippen MR) is 85.9 cm³/mol. The van der Waals surface area contributed by atoms with Crippen LogP contribution in [0.2, 0.25) is 0 Å². The average Bonchev–Trinajstić information content (AvgIpc) is 3.22. The van der Waals surface area contributed by atoms with Crippen LogP contribution < -0.4 is 5.32 Å². The predicted octanol–water partition coefficient (Wildman–Crippen LogP) is 0.470. The van der Waals surface area contributed by atoms with Gasteiger partial charge in [0.05, 0.1) is 19.0 Å². The van der Waals surface area contributed by atoms with Gasteiger partial charge in [0.15, 0.2) is 0 Å². The topological polar surface area (TPSA) is 91.6 Å². The van der Waals surface area contributed by atoms with Crippen molar-refractivity contribution in [1.82, 2.24) is 25.4 Å². The fourth-order valence-electron chi connectivity index (χ4n) is 3.64. The molecule has 0 aromatic carbocycles. The first-order chi connectivity index (χ1) is 11.6. The molecule has 1 aromatic rings. The summed E-state index contributed by atoms with van der Waals surface area (Å²) in [6.45, 7) is 3.62. The number of carbonyl (C=O) groups is 2. The van der Waals surface area contributed by atoms with Crippen LogP contribution in [-0.4, -0.2) is 64.1 Å². The van der Waals surface area contributed by atoms with Crippen molar-refractivity contribution in [3.63, 3.8) is 0 Å². The summed E-state index contributed by atoms with van der Waals surface area (Å²) < 4.78 is 4.67. The van der Waals surface area contributed by atoms with Crippen LogP contribution in [0.1, 0.15) is 43.5 Å². The van der Waals surface area contributed by atoms with Crippen LogP contribution in [0.5, 0.6) is 0 Å². The summed E-state index contributed by atoms with van der Waals surface area (Å²) >= 11 is 0. The Kier molecular flexibility index (Phi) is 5.13. The van der Waals surface area contributed by atoms with Crippen LogP contribution in [0.25, 0.3) is 0 Å². The Hall–Kier alpha value is -1.96. The fourth-order valence-corrected chi connectivity index (χ4v) is 3.64. The maximum atomic E-state index is 12.6. The van der Waals surface area contributed by atoms with Crippen molar-refractivity contribution in [2.45, 2.75) is 57.7 Å². The van der Waals surface area contributed by atoms with Crippen molar-refractivity contribution < 1.29 is 14.2 Å². The molecular weight excluding hydrogens is 310 g/mol. The quantitative estimate of drug-likeness (QED) is 0.841. The van der Waals surface area contributed by atoms with E-state index in [1.807, 2.05) is 0 Å². The minimum Gasteiger partial charge on any atom is -0.353 e. The zero-order chi connectivity index (χ0) is 17.1. The molecule has 2 heterocycles. The fraction of sp³-hybridized carbons (Fsp3) is 0.750. The van der Waals surface area contributed by atoms with Crippen molar-refractivity contribution in [3.8, 4) is 0 Å². The molecule has 132 valence electrons. The van der Waals surface area contributed by atoms with Gasteiger partial charge in [0.2, 0.25) is 11.8 Å². The molecule has 1 unspecified atom stereocenters. The van der Waals surface area contributed by atoms with E-state index in [2.05, 4.69) is 25.2 Å². The van der Waals surface area contributed by atoms with Gasteiger partial charge in [-0.25, -0.2) is 4.63 Å². The van der Waals surface area contributed by atoms with Gasteiger partial charge in [-0.1, -0.05) is 23.2 Å². The van der Waals surface area contributed by atoms with Crippen LogP contribution in [0.3, 0.4) is 0 Å². The van der Waals surface area contributed by atoms with Crippen molar-refractivity contribution in [3.05, 3.63) is 11.4 Å². The summed E-state index contributed by atoms with van der Waals surface area (Å²) in [4.78, 5) is 28.7. The summed E-state index contributed by atoms with van der Waals surface area (Å²) in [7, 11) is 1.72. The second kappa shape index (κ2) is 7.29. The van der Waals surface area contributed by atoms with E-state index in [9.17, 15) is 9.59 Å². The van der Waals surface area contributed by atoms with E-state index >= 15 is 0 Å². The molecule has 1 saturated carbocycles. The van der Waals surface area contributed by atoms with Crippen molar-refractivity contribution in [2.24, 2.45) is 0 Å². The van der Waals surface area contributed by atoms with E-state index in [-0.39, 0.29) is 24.3 Å². The molecule has 2 amide bonds. The molecule has 0 bridgehead atoms. The molecule has 1 saturated heterocycles. The molecule has 8 heteroatoms. The number of aryl methyl sites for hydroxylation is 1. The average molecular weight is 335 g/mol. The molecule has 1 aromatic heterocycles. The number of nitrogens with one attached hydrogen (secondary N) is 1. The lowest BCUT2D eigenvalue weighted by Crippen LogP contribution is -2.59. The third-order valence-electron chi connectivity index (χ3n) is 5.09. The highest BCUT2D eigenvalue weighted by Crippen LogP contribution is 2.27. The van der Waals surface area contributed by atoms with Gasteiger partial charge >= 0.3 is 0 Å². The molecule has 1 N–H and O–H groups in total. The Morgan fingerprint density at radius 3 is 2.79 bits per heavy atom.